The summed E-state index contributed by atoms with van der Waals surface area (Å²) in [5, 5.41) is 21.9. The minimum atomic E-state index is 0.0990. The van der Waals surface area contributed by atoms with Crippen LogP contribution in [-0.2, 0) is 6.54 Å². The van der Waals surface area contributed by atoms with Crippen LogP contribution in [0.4, 0.5) is 0 Å². The van der Waals surface area contributed by atoms with Crippen molar-refractivity contribution in [2.45, 2.75) is 32.2 Å². The van der Waals surface area contributed by atoms with Gasteiger partial charge in [-0.3, -0.25) is 4.90 Å². The highest BCUT2D eigenvalue weighted by Crippen LogP contribution is 2.34. The number of rotatable bonds is 5. The largest absolute Gasteiger partial charge is 0.508 e. The van der Waals surface area contributed by atoms with Gasteiger partial charge in [0.05, 0.1) is 6.61 Å². The highest BCUT2D eigenvalue weighted by atomic mass is 16.3. The average Bonchev–Trinajstić information content (AvgIpc) is 3.16. The van der Waals surface area contributed by atoms with E-state index in [-0.39, 0.29) is 5.41 Å². The highest BCUT2D eigenvalue weighted by molar-refractivity contribution is 5.84. The van der Waals surface area contributed by atoms with Crippen LogP contribution in [0.25, 0.3) is 10.8 Å². The van der Waals surface area contributed by atoms with Crippen LogP contribution in [0, 0.1) is 5.41 Å². The molecule has 26 heavy (non-hydrogen) atoms. The number of phenols is 1. The van der Waals surface area contributed by atoms with Gasteiger partial charge in [-0.05, 0) is 86.4 Å². The molecule has 0 atom stereocenters. The van der Waals surface area contributed by atoms with Gasteiger partial charge in [0.15, 0.2) is 0 Å². The van der Waals surface area contributed by atoms with E-state index in [1.165, 1.54) is 36.9 Å². The lowest BCUT2D eigenvalue weighted by molar-refractivity contribution is 0.0165. The summed E-state index contributed by atoms with van der Waals surface area (Å²) >= 11 is 0. The van der Waals surface area contributed by atoms with Gasteiger partial charge >= 0.3 is 0 Å². The number of phenolic OH excluding ortho intramolecular Hbond substituents is 1. The van der Waals surface area contributed by atoms with Gasteiger partial charge in [0, 0.05) is 18.5 Å². The fraction of sp³-hybridized carbons (Fsp3) is 0.545. The Balaban J connectivity index is 1.37. The second-order valence-electron chi connectivity index (χ2n) is 8.28. The number of nitrogens with zero attached hydrogens (tertiary/aromatic N) is 2. The summed E-state index contributed by atoms with van der Waals surface area (Å²) in [5.74, 6) is 0.319. The number of aliphatic hydroxyl groups is 1. The Bertz CT molecular complexity index is 747. The molecule has 140 valence electrons. The van der Waals surface area contributed by atoms with Crippen LogP contribution in [0.1, 0.15) is 31.2 Å². The van der Waals surface area contributed by atoms with Crippen molar-refractivity contribution in [2.75, 3.05) is 39.3 Å². The second kappa shape index (κ2) is 7.55. The van der Waals surface area contributed by atoms with E-state index in [0.29, 0.717) is 12.4 Å². The maximum absolute atomic E-state index is 10.1. The van der Waals surface area contributed by atoms with E-state index < -0.39 is 0 Å². The Morgan fingerprint density at radius 1 is 0.846 bits per heavy atom. The van der Waals surface area contributed by atoms with E-state index in [1.54, 1.807) is 6.07 Å². The Labute approximate surface area is 156 Å². The Kier molecular flexibility index (Phi) is 5.16. The van der Waals surface area contributed by atoms with Crippen molar-refractivity contribution in [2.24, 2.45) is 5.41 Å². The van der Waals surface area contributed by atoms with Crippen molar-refractivity contribution in [3.63, 3.8) is 0 Å². The summed E-state index contributed by atoms with van der Waals surface area (Å²) in [6, 6.07) is 12.0. The fourth-order valence-electron chi connectivity index (χ4n) is 4.61. The van der Waals surface area contributed by atoms with Crippen molar-refractivity contribution in [3.8, 4) is 5.75 Å². The van der Waals surface area contributed by atoms with E-state index in [9.17, 15) is 10.2 Å². The van der Waals surface area contributed by atoms with Crippen LogP contribution >= 0.6 is 0 Å². The molecule has 0 saturated carbocycles. The standard InChI is InChI=1S/C22H30N2O2/c25-17-22(16-24-9-1-2-10-24)7-11-23(12-8-22)15-18-3-4-20-14-21(26)6-5-19(20)13-18/h3-6,13-14,25-26H,1-2,7-12,15-17H2. The first-order valence-electron chi connectivity index (χ1n) is 9.93. The highest BCUT2D eigenvalue weighted by Gasteiger charge is 2.36. The molecule has 4 rings (SSSR count). The lowest BCUT2D eigenvalue weighted by atomic mass is 9.78. The summed E-state index contributed by atoms with van der Waals surface area (Å²) in [6.45, 7) is 6.87. The molecule has 2 saturated heterocycles. The summed E-state index contributed by atoms with van der Waals surface area (Å²) in [4.78, 5) is 5.06. The van der Waals surface area contributed by atoms with Crippen LogP contribution in [0.2, 0.25) is 0 Å². The molecule has 2 fully saturated rings. The van der Waals surface area contributed by atoms with Crippen LogP contribution in [0.5, 0.6) is 5.75 Å². The molecule has 0 aliphatic carbocycles. The van der Waals surface area contributed by atoms with Crippen molar-refractivity contribution >= 4 is 10.8 Å². The third-order valence-corrected chi connectivity index (χ3v) is 6.30. The molecule has 2 aromatic rings. The quantitative estimate of drug-likeness (QED) is 0.866. The molecule has 2 aromatic carbocycles. The van der Waals surface area contributed by atoms with E-state index >= 15 is 0 Å². The third kappa shape index (κ3) is 3.88. The van der Waals surface area contributed by atoms with Gasteiger partial charge in [0.25, 0.3) is 0 Å². The maximum Gasteiger partial charge on any atom is 0.116 e. The Morgan fingerprint density at radius 3 is 2.27 bits per heavy atom. The smallest absolute Gasteiger partial charge is 0.116 e. The number of fused-ring (bicyclic) bond motifs is 1. The monoisotopic (exact) mass is 354 g/mol. The normalized spacial score (nSPS) is 21.4. The van der Waals surface area contributed by atoms with Crippen molar-refractivity contribution < 1.29 is 10.2 Å². The van der Waals surface area contributed by atoms with Crippen LogP contribution in [-0.4, -0.2) is 59.3 Å². The minimum Gasteiger partial charge on any atom is -0.508 e. The maximum atomic E-state index is 10.1. The van der Waals surface area contributed by atoms with Gasteiger partial charge in [-0.1, -0.05) is 18.2 Å². The summed E-state index contributed by atoms with van der Waals surface area (Å²) in [7, 11) is 0. The molecule has 0 aromatic heterocycles. The zero-order valence-electron chi connectivity index (χ0n) is 15.5. The average molecular weight is 354 g/mol. The number of aromatic hydroxyl groups is 1. The molecule has 2 N–H and O–H groups in total. The van der Waals surface area contributed by atoms with E-state index in [4.69, 9.17) is 0 Å². The Morgan fingerprint density at radius 2 is 1.54 bits per heavy atom. The number of likely N-dealkylation sites (tertiary alicyclic amines) is 2. The van der Waals surface area contributed by atoms with Gasteiger partial charge in [-0.15, -0.1) is 0 Å². The minimum absolute atomic E-state index is 0.0990. The lowest BCUT2D eigenvalue weighted by Gasteiger charge is -2.42. The molecule has 2 aliphatic rings. The van der Waals surface area contributed by atoms with Crippen LogP contribution in [0.3, 0.4) is 0 Å². The summed E-state index contributed by atoms with van der Waals surface area (Å²) < 4.78 is 0. The number of hydrogen-bond donors (Lipinski definition) is 2. The number of piperidine rings is 1. The van der Waals surface area contributed by atoms with E-state index in [2.05, 4.69) is 28.0 Å². The van der Waals surface area contributed by atoms with Gasteiger partial charge < -0.3 is 15.1 Å². The topological polar surface area (TPSA) is 46.9 Å². The number of aliphatic hydroxyl groups excluding tert-OH is 1. The molecule has 0 radical (unpaired) electrons. The number of benzene rings is 2. The zero-order valence-corrected chi connectivity index (χ0v) is 15.5. The first kappa shape index (κ1) is 17.8. The third-order valence-electron chi connectivity index (χ3n) is 6.30. The molecule has 4 heteroatoms. The van der Waals surface area contributed by atoms with Crippen molar-refractivity contribution in [3.05, 3.63) is 42.0 Å². The molecule has 4 nitrogen and oxygen atoms in total. The predicted octanol–water partition coefficient (Wildman–Crippen LogP) is 3.22. The van der Waals surface area contributed by atoms with E-state index in [0.717, 1.165) is 44.4 Å². The molecule has 0 bridgehead atoms. The molecule has 2 heterocycles. The van der Waals surface area contributed by atoms with Gasteiger partial charge in [-0.2, -0.15) is 0 Å². The lowest BCUT2D eigenvalue weighted by Crippen LogP contribution is -2.47. The van der Waals surface area contributed by atoms with Crippen LogP contribution in [0.15, 0.2) is 36.4 Å². The summed E-state index contributed by atoms with van der Waals surface area (Å²) in [5.41, 5.74) is 1.42. The first-order valence-corrected chi connectivity index (χ1v) is 9.93. The molecule has 0 amide bonds. The van der Waals surface area contributed by atoms with Crippen molar-refractivity contribution in [1.82, 2.24) is 9.80 Å². The Hall–Kier alpha value is -1.62. The van der Waals surface area contributed by atoms with Gasteiger partial charge in [0.1, 0.15) is 5.75 Å². The molecule has 2 aliphatic heterocycles. The number of hydrogen-bond acceptors (Lipinski definition) is 4. The predicted molar refractivity (Wildman–Crippen MR) is 105 cm³/mol. The molecule has 0 spiro atoms. The fourth-order valence-corrected chi connectivity index (χ4v) is 4.61. The zero-order chi connectivity index (χ0) is 18.0. The molecule has 0 unspecified atom stereocenters. The second-order valence-corrected chi connectivity index (χ2v) is 8.28. The van der Waals surface area contributed by atoms with Crippen LogP contribution < -0.4 is 0 Å². The first-order chi connectivity index (χ1) is 12.7. The van der Waals surface area contributed by atoms with Gasteiger partial charge in [0.2, 0.25) is 0 Å². The van der Waals surface area contributed by atoms with E-state index in [1.807, 2.05) is 12.1 Å². The molecular formula is C22H30N2O2. The van der Waals surface area contributed by atoms with Crippen molar-refractivity contribution in [1.29, 1.82) is 0 Å². The SMILES string of the molecule is OCC1(CN2CCCC2)CCN(Cc2ccc3cc(O)ccc3c2)CC1. The summed E-state index contributed by atoms with van der Waals surface area (Å²) in [6.07, 6.45) is 4.80. The molecular weight excluding hydrogens is 324 g/mol. The van der Waals surface area contributed by atoms with Gasteiger partial charge in [-0.25, -0.2) is 0 Å².